The average molecular weight is 252 g/mol. The van der Waals surface area contributed by atoms with E-state index in [-0.39, 0.29) is 12.1 Å². The fraction of sp³-hybridized carbons (Fsp3) is 0.500. The summed E-state index contributed by atoms with van der Waals surface area (Å²) < 4.78 is 5.21. The molecule has 98 valence electrons. The molecular formula is C12H16N2O4. The minimum absolute atomic E-state index is 0.191. The highest BCUT2D eigenvalue weighted by Crippen LogP contribution is 2.28. The Morgan fingerprint density at radius 2 is 2.33 bits per heavy atom. The maximum Gasteiger partial charge on any atom is 0.325 e. The van der Waals surface area contributed by atoms with Gasteiger partial charge in [0.1, 0.15) is 11.8 Å². The molecule has 0 bridgehead atoms. The molecule has 2 amide bonds. The molecule has 1 aromatic rings. The van der Waals surface area contributed by atoms with Gasteiger partial charge in [-0.15, -0.1) is 0 Å². The number of carboxylic acids is 1. The number of amides is 2. The second-order valence-electron chi connectivity index (χ2n) is 4.45. The quantitative estimate of drug-likeness (QED) is 0.830. The van der Waals surface area contributed by atoms with Crippen LogP contribution in [0.5, 0.6) is 0 Å². The summed E-state index contributed by atoms with van der Waals surface area (Å²) in [6, 6.07) is 2.50. The fourth-order valence-corrected chi connectivity index (χ4v) is 1.65. The standard InChI is InChI=1S/C12H16N2O4/c1-8(11(15)16)13-12(17)14(9-4-5-9)7-10-3-2-6-18-10/h2-3,6,8-9H,4-5,7H2,1H3,(H,13,17)(H,15,16)/t8-/m1/s1. The highest BCUT2D eigenvalue weighted by molar-refractivity contribution is 5.82. The summed E-state index contributed by atoms with van der Waals surface area (Å²) in [6.07, 6.45) is 3.46. The fourth-order valence-electron chi connectivity index (χ4n) is 1.65. The smallest absolute Gasteiger partial charge is 0.325 e. The van der Waals surface area contributed by atoms with E-state index in [1.54, 1.807) is 23.3 Å². The molecule has 1 fully saturated rings. The molecule has 6 nitrogen and oxygen atoms in total. The lowest BCUT2D eigenvalue weighted by molar-refractivity contribution is -0.138. The lowest BCUT2D eigenvalue weighted by Crippen LogP contribution is -2.47. The topological polar surface area (TPSA) is 82.8 Å². The third kappa shape index (κ3) is 3.03. The number of hydrogen-bond donors (Lipinski definition) is 2. The summed E-state index contributed by atoms with van der Waals surface area (Å²) in [6.45, 7) is 1.81. The second-order valence-corrected chi connectivity index (χ2v) is 4.45. The van der Waals surface area contributed by atoms with Crippen molar-refractivity contribution in [2.45, 2.75) is 38.4 Å². The first-order valence-electron chi connectivity index (χ1n) is 5.90. The van der Waals surface area contributed by atoms with E-state index < -0.39 is 12.0 Å². The molecule has 1 saturated carbocycles. The second kappa shape index (κ2) is 5.12. The van der Waals surface area contributed by atoms with Crippen molar-refractivity contribution in [2.75, 3.05) is 0 Å². The van der Waals surface area contributed by atoms with Crippen LogP contribution in [0.25, 0.3) is 0 Å². The van der Waals surface area contributed by atoms with E-state index in [1.165, 1.54) is 6.92 Å². The number of nitrogens with zero attached hydrogens (tertiary/aromatic N) is 1. The summed E-state index contributed by atoms with van der Waals surface area (Å²) in [4.78, 5) is 24.3. The number of urea groups is 1. The minimum atomic E-state index is -1.04. The number of carbonyl (C=O) groups excluding carboxylic acids is 1. The Morgan fingerprint density at radius 1 is 1.61 bits per heavy atom. The van der Waals surface area contributed by atoms with Crippen LogP contribution >= 0.6 is 0 Å². The van der Waals surface area contributed by atoms with E-state index in [0.717, 1.165) is 12.8 Å². The summed E-state index contributed by atoms with van der Waals surface area (Å²) in [7, 11) is 0. The van der Waals surface area contributed by atoms with E-state index in [2.05, 4.69) is 5.32 Å². The Balaban J connectivity index is 1.97. The number of furan rings is 1. The Kier molecular flexibility index (Phi) is 3.55. The maximum absolute atomic E-state index is 12.0. The van der Waals surface area contributed by atoms with Gasteiger partial charge in [-0.1, -0.05) is 0 Å². The SMILES string of the molecule is C[C@@H](NC(=O)N(Cc1ccco1)C1CC1)C(=O)O. The average Bonchev–Trinajstić information content (AvgIpc) is 3.03. The molecule has 1 aromatic heterocycles. The molecule has 1 aliphatic carbocycles. The Labute approximate surface area is 105 Å². The van der Waals surface area contributed by atoms with Crippen molar-refractivity contribution in [1.29, 1.82) is 0 Å². The molecular weight excluding hydrogens is 236 g/mol. The number of nitrogens with one attached hydrogen (secondary N) is 1. The van der Waals surface area contributed by atoms with Gasteiger partial charge in [-0.3, -0.25) is 4.79 Å². The van der Waals surface area contributed by atoms with E-state index in [4.69, 9.17) is 9.52 Å². The van der Waals surface area contributed by atoms with Gasteiger partial charge in [0.15, 0.2) is 0 Å². The number of carboxylic acid groups (broad SMARTS) is 1. The van der Waals surface area contributed by atoms with E-state index in [1.807, 2.05) is 0 Å². The van der Waals surface area contributed by atoms with Gasteiger partial charge < -0.3 is 19.7 Å². The van der Waals surface area contributed by atoms with Gasteiger partial charge in [-0.05, 0) is 31.9 Å². The monoisotopic (exact) mass is 252 g/mol. The molecule has 2 N–H and O–H groups in total. The molecule has 0 spiro atoms. The van der Waals surface area contributed by atoms with Gasteiger partial charge in [-0.25, -0.2) is 4.79 Å². The summed E-state index contributed by atoms with van der Waals surface area (Å²) >= 11 is 0. The van der Waals surface area contributed by atoms with E-state index in [9.17, 15) is 9.59 Å². The molecule has 6 heteroatoms. The highest BCUT2D eigenvalue weighted by Gasteiger charge is 2.34. The highest BCUT2D eigenvalue weighted by atomic mass is 16.4. The Bertz CT molecular complexity index is 425. The van der Waals surface area contributed by atoms with Crippen molar-refractivity contribution in [3.8, 4) is 0 Å². The first-order valence-corrected chi connectivity index (χ1v) is 5.90. The van der Waals surface area contributed by atoms with Crippen LogP contribution in [0.2, 0.25) is 0 Å². The predicted molar refractivity (Wildman–Crippen MR) is 62.9 cm³/mol. The lowest BCUT2D eigenvalue weighted by Gasteiger charge is -2.23. The molecule has 1 atom stereocenters. The van der Waals surface area contributed by atoms with Crippen LogP contribution < -0.4 is 5.32 Å². The van der Waals surface area contributed by atoms with Crippen LogP contribution in [0.4, 0.5) is 4.79 Å². The van der Waals surface area contributed by atoms with Gasteiger partial charge in [0.2, 0.25) is 0 Å². The molecule has 0 aliphatic heterocycles. The van der Waals surface area contributed by atoms with Crippen molar-refractivity contribution in [3.05, 3.63) is 24.2 Å². The van der Waals surface area contributed by atoms with Crippen molar-refractivity contribution in [2.24, 2.45) is 0 Å². The zero-order valence-corrected chi connectivity index (χ0v) is 10.1. The Morgan fingerprint density at radius 3 is 2.83 bits per heavy atom. The molecule has 0 saturated heterocycles. The van der Waals surface area contributed by atoms with Gasteiger partial charge in [0.25, 0.3) is 0 Å². The molecule has 1 aliphatic rings. The summed E-state index contributed by atoms with van der Waals surface area (Å²) in [5.74, 6) is -0.350. The van der Waals surface area contributed by atoms with Crippen LogP contribution in [0, 0.1) is 0 Å². The van der Waals surface area contributed by atoms with Crippen molar-refractivity contribution in [1.82, 2.24) is 10.2 Å². The van der Waals surface area contributed by atoms with Crippen LogP contribution in [0.3, 0.4) is 0 Å². The van der Waals surface area contributed by atoms with Gasteiger partial charge in [-0.2, -0.15) is 0 Å². The minimum Gasteiger partial charge on any atom is -0.480 e. The van der Waals surface area contributed by atoms with Crippen LogP contribution in [-0.4, -0.2) is 34.1 Å². The molecule has 0 aromatic carbocycles. The largest absolute Gasteiger partial charge is 0.480 e. The lowest BCUT2D eigenvalue weighted by atomic mass is 10.3. The zero-order chi connectivity index (χ0) is 13.1. The number of carbonyl (C=O) groups is 2. The predicted octanol–water partition coefficient (Wildman–Crippen LogP) is 1.43. The van der Waals surface area contributed by atoms with E-state index >= 15 is 0 Å². The zero-order valence-electron chi connectivity index (χ0n) is 10.1. The van der Waals surface area contributed by atoms with Crippen molar-refractivity contribution >= 4 is 12.0 Å². The number of aliphatic carboxylic acids is 1. The molecule has 18 heavy (non-hydrogen) atoms. The molecule has 0 unspecified atom stereocenters. The van der Waals surface area contributed by atoms with E-state index in [0.29, 0.717) is 12.3 Å². The molecule has 0 radical (unpaired) electrons. The third-order valence-corrected chi connectivity index (χ3v) is 2.87. The Hall–Kier alpha value is -1.98. The van der Waals surface area contributed by atoms with Crippen LogP contribution in [0.1, 0.15) is 25.5 Å². The summed E-state index contributed by atoms with van der Waals surface area (Å²) in [5, 5.41) is 11.2. The van der Waals surface area contributed by atoms with Crippen LogP contribution in [-0.2, 0) is 11.3 Å². The van der Waals surface area contributed by atoms with Gasteiger partial charge in [0.05, 0.1) is 12.8 Å². The molecule has 1 heterocycles. The van der Waals surface area contributed by atoms with Crippen molar-refractivity contribution in [3.63, 3.8) is 0 Å². The van der Waals surface area contributed by atoms with Gasteiger partial charge in [0, 0.05) is 6.04 Å². The normalized spacial score (nSPS) is 16.1. The number of rotatable bonds is 5. The van der Waals surface area contributed by atoms with Crippen molar-refractivity contribution < 1.29 is 19.1 Å². The number of hydrogen-bond acceptors (Lipinski definition) is 3. The summed E-state index contributed by atoms with van der Waals surface area (Å²) in [5.41, 5.74) is 0. The molecule has 2 rings (SSSR count). The first-order chi connectivity index (χ1) is 8.58. The third-order valence-electron chi connectivity index (χ3n) is 2.87. The first kappa shape index (κ1) is 12.5. The van der Waals surface area contributed by atoms with Crippen LogP contribution in [0.15, 0.2) is 22.8 Å². The maximum atomic E-state index is 12.0. The van der Waals surface area contributed by atoms with Gasteiger partial charge >= 0.3 is 12.0 Å².